The van der Waals surface area contributed by atoms with E-state index in [9.17, 15) is 23.6 Å². The van der Waals surface area contributed by atoms with E-state index in [1.54, 1.807) is 12.1 Å². The molecule has 2 aromatic carbocycles. The normalized spacial score (nSPS) is 16.2. The molecule has 2 heterocycles. The summed E-state index contributed by atoms with van der Waals surface area (Å²) in [6, 6.07) is 11.1. The van der Waals surface area contributed by atoms with Crippen LogP contribution in [0.15, 0.2) is 53.6 Å². The van der Waals surface area contributed by atoms with Gasteiger partial charge in [-0.1, -0.05) is 17.2 Å². The topological polar surface area (TPSA) is 96.3 Å². The molecule has 2 aromatic rings. The number of anilines is 1. The van der Waals surface area contributed by atoms with E-state index in [2.05, 4.69) is 5.10 Å². The number of rotatable bonds is 3. The van der Waals surface area contributed by atoms with E-state index in [1.807, 2.05) is 0 Å². The van der Waals surface area contributed by atoms with Crippen LogP contribution in [-0.2, 0) is 14.4 Å². The highest BCUT2D eigenvalue weighted by molar-refractivity contribution is 6.38. The first-order valence-corrected chi connectivity index (χ1v) is 8.32. The maximum Gasteiger partial charge on any atom is 0.379 e. The number of hydroxylamine groups is 2. The summed E-state index contributed by atoms with van der Waals surface area (Å²) in [4.78, 5) is 54.1. The number of hydrogen-bond acceptors (Lipinski definition) is 6. The second-order valence-electron chi connectivity index (χ2n) is 6.06. The second-order valence-corrected chi connectivity index (χ2v) is 6.06. The summed E-state index contributed by atoms with van der Waals surface area (Å²) < 4.78 is 13.1. The fraction of sp³-hybridized carbons (Fsp3) is 0.105. The molecule has 0 N–H and O–H groups in total. The van der Waals surface area contributed by atoms with E-state index in [-0.39, 0.29) is 41.3 Å². The lowest BCUT2D eigenvalue weighted by molar-refractivity contribution is -0.159. The van der Waals surface area contributed by atoms with Gasteiger partial charge < -0.3 is 4.84 Å². The van der Waals surface area contributed by atoms with Gasteiger partial charge in [-0.3, -0.25) is 14.4 Å². The summed E-state index contributed by atoms with van der Waals surface area (Å²) >= 11 is 0. The Hall–Kier alpha value is -3.88. The number of carbonyl (C=O) groups excluding carboxylic acids is 4. The van der Waals surface area contributed by atoms with Crippen LogP contribution in [0.2, 0.25) is 0 Å². The molecule has 0 radical (unpaired) electrons. The number of nitrogens with zero attached hydrogens (tertiary/aromatic N) is 3. The highest BCUT2D eigenvalue weighted by Crippen LogP contribution is 2.24. The Morgan fingerprint density at radius 2 is 1.54 bits per heavy atom. The molecule has 0 bridgehead atoms. The highest BCUT2D eigenvalue weighted by atomic mass is 19.1. The number of carbonyl (C=O) groups is 4. The molecule has 0 unspecified atom stereocenters. The fourth-order valence-corrected chi connectivity index (χ4v) is 2.87. The molecule has 28 heavy (non-hydrogen) atoms. The van der Waals surface area contributed by atoms with E-state index in [1.165, 1.54) is 24.3 Å². The van der Waals surface area contributed by atoms with Gasteiger partial charge in [0.05, 0.1) is 16.8 Å². The Morgan fingerprint density at radius 1 is 0.929 bits per heavy atom. The lowest BCUT2D eigenvalue weighted by Gasteiger charge is -2.23. The van der Waals surface area contributed by atoms with Crippen LogP contribution in [0.3, 0.4) is 0 Å². The smallest absolute Gasteiger partial charge is 0.323 e. The molecule has 0 aromatic heterocycles. The minimum atomic E-state index is -1.02. The summed E-state index contributed by atoms with van der Waals surface area (Å²) in [5, 5.41) is 5.30. The molecule has 2 aliphatic heterocycles. The summed E-state index contributed by atoms with van der Waals surface area (Å²) in [5.41, 5.74) is 0.403. The Labute approximate surface area is 157 Å². The van der Waals surface area contributed by atoms with E-state index in [4.69, 9.17) is 4.84 Å². The molecule has 4 rings (SSSR count). The van der Waals surface area contributed by atoms with E-state index in [0.29, 0.717) is 5.06 Å². The fourth-order valence-electron chi connectivity index (χ4n) is 2.87. The first kappa shape index (κ1) is 17.5. The predicted molar refractivity (Wildman–Crippen MR) is 93.6 cm³/mol. The van der Waals surface area contributed by atoms with Gasteiger partial charge in [0.15, 0.2) is 0 Å². The molecule has 3 amide bonds. The molecule has 0 saturated heterocycles. The first-order valence-electron chi connectivity index (χ1n) is 8.32. The van der Waals surface area contributed by atoms with Gasteiger partial charge in [-0.2, -0.15) is 5.10 Å². The molecular weight excluding hydrogens is 369 g/mol. The van der Waals surface area contributed by atoms with Gasteiger partial charge in [0.2, 0.25) is 5.91 Å². The van der Waals surface area contributed by atoms with Crippen molar-refractivity contribution in [3.63, 3.8) is 0 Å². The lowest BCUT2D eigenvalue weighted by atomic mass is 10.1. The summed E-state index contributed by atoms with van der Waals surface area (Å²) in [7, 11) is 0. The van der Waals surface area contributed by atoms with Crippen molar-refractivity contribution in [3.05, 3.63) is 65.5 Å². The summed E-state index contributed by atoms with van der Waals surface area (Å²) in [5.74, 6) is -3.39. The number of benzene rings is 2. The third-order valence-electron chi connectivity index (χ3n) is 4.27. The van der Waals surface area contributed by atoms with Crippen molar-refractivity contribution in [2.24, 2.45) is 5.10 Å². The van der Waals surface area contributed by atoms with E-state index < -0.39 is 23.6 Å². The molecular formula is C19H12FN3O5. The third kappa shape index (κ3) is 2.92. The van der Waals surface area contributed by atoms with Crippen LogP contribution in [0.5, 0.6) is 0 Å². The monoisotopic (exact) mass is 381 g/mol. The molecule has 140 valence electrons. The molecule has 2 aliphatic rings. The van der Waals surface area contributed by atoms with Crippen molar-refractivity contribution in [1.29, 1.82) is 0 Å². The SMILES string of the molecule is O=C(ON1C(=O)c2ccccc2C1=O)C1=NN(c2ccc(F)cc2)C(=O)CC1. The summed E-state index contributed by atoms with van der Waals surface area (Å²) in [6.07, 6.45) is -0.0496. The molecule has 0 saturated carbocycles. The maximum absolute atomic E-state index is 13.1. The number of amides is 3. The minimum Gasteiger partial charge on any atom is -0.323 e. The maximum atomic E-state index is 13.1. The standard InChI is InChI=1S/C19H12FN3O5/c20-11-5-7-12(8-6-11)22-16(24)10-9-15(21-22)19(27)28-23-17(25)13-3-1-2-4-14(13)18(23)26/h1-8H,9-10H2. The largest absolute Gasteiger partial charge is 0.379 e. The number of imide groups is 1. The average Bonchev–Trinajstić information content (AvgIpc) is 2.94. The lowest BCUT2D eigenvalue weighted by Crippen LogP contribution is -2.39. The van der Waals surface area contributed by atoms with Crippen molar-refractivity contribution >= 4 is 35.1 Å². The number of halogens is 1. The average molecular weight is 381 g/mol. The van der Waals surface area contributed by atoms with Crippen LogP contribution < -0.4 is 5.01 Å². The van der Waals surface area contributed by atoms with Gasteiger partial charge in [0, 0.05) is 12.8 Å². The second kappa shape index (κ2) is 6.69. The Morgan fingerprint density at radius 3 is 2.14 bits per heavy atom. The molecule has 0 aliphatic carbocycles. The van der Waals surface area contributed by atoms with Crippen molar-refractivity contribution in [2.75, 3.05) is 5.01 Å². The van der Waals surface area contributed by atoms with Crippen molar-refractivity contribution in [2.45, 2.75) is 12.8 Å². The van der Waals surface area contributed by atoms with Gasteiger partial charge in [0.25, 0.3) is 11.8 Å². The van der Waals surface area contributed by atoms with E-state index >= 15 is 0 Å². The Kier molecular flexibility index (Phi) is 4.19. The zero-order valence-electron chi connectivity index (χ0n) is 14.3. The molecule has 0 atom stereocenters. The number of fused-ring (bicyclic) bond motifs is 1. The summed E-state index contributed by atoms with van der Waals surface area (Å²) in [6.45, 7) is 0. The first-order chi connectivity index (χ1) is 13.5. The van der Waals surface area contributed by atoms with Crippen molar-refractivity contribution < 1.29 is 28.4 Å². The molecule has 9 heteroatoms. The molecule has 0 fully saturated rings. The van der Waals surface area contributed by atoms with Crippen molar-refractivity contribution in [3.8, 4) is 0 Å². The van der Waals surface area contributed by atoms with Crippen LogP contribution in [0, 0.1) is 5.82 Å². The Balaban J connectivity index is 1.56. The van der Waals surface area contributed by atoms with Gasteiger partial charge in [-0.25, -0.2) is 14.2 Å². The highest BCUT2D eigenvalue weighted by Gasteiger charge is 2.40. The quantitative estimate of drug-likeness (QED) is 0.759. The van der Waals surface area contributed by atoms with Crippen LogP contribution in [0.25, 0.3) is 0 Å². The van der Waals surface area contributed by atoms with Crippen LogP contribution in [-0.4, -0.2) is 34.5 Å². The van der Waals surface area contributed by atoms with Crippen molar-refractivity contribution in [1.82, 2.24) is 5.06 Å². The third-order valence-corrected chi connectivity index (χ3v) is 4.27. The van der Waals surface area contributed by atoms with Gasteiger partial charge in [-0.15, -0.1) is 0 Å². The Bertz CT molecular complexity index is 1010. The minimum absolute atomic E-state index is 0.0153. The number of hydrogen-bond donors (Lipinski definition) is 0. The predicted octanol–water partition coefficient (Wildman–Crippen LogP) is 2.06. The molecule has 0 spiro atoms. The van der Waals surface area contributed by atoms with Gasteiger partial charge in [0.1, 0.15) is 11.5 Å². The van der Waals surface area contributed by atoms with Gasteiger partial charge >= 0.3 is 5.97 Å². The molecule has 8 nitrogen and oxygen atoms in total. The van der Waals surface area contributed by atoms with Crippen LogP contribution in [0.4, 0.5) is 10.1 Å². The zero-order valence-corrected chi connectivity index (χ0v) is 14.3. The van der Waals surface area contributed by atoms with Crippen LogP contribution in [0.1, 0.15) is 33.6 Å². The van der Waals surface area contributed by atoms with Crippen LogP contribution >= 0.6 is 0 Å². The number of hydrazone groups is 1. The van der Waals surface area contributed by atoms with Gasteiger partial charge in [-0.05, 0) is 36.4 Å². The van der Waals surface area contributed by atoms with E-state index in [0.717, 1.165) is 17.1 Å². The zero-order chi connectivity index (χ0) is 19.8.